The lowest BCUT2D eigenvalue weighted by atomic mass is 9.65. The van der Waals surface area contributed by atoms with Crippen LogP contribution in [-0.2, 0) is 28.7 Å². The molecular formula is C33H44F3N3O5. The fourth-order valence-corrected chi connectivity index (χ4v) is 7.85. The number of halogens is 3. The molecule has 2 aliphatic heterocycles. The molecule has 0 spiro atoms. The van der Waals surface area contributed by atoms with Crippen molar-refractivity contribution in [1.29, 1.82) is 0 Å². The Kier molecular flexibility index (Phi) is 8.85. The zero-order valence-corrected chi connectivity index (χ0v) is 26.0. The maximum Gasteiger partial charge on any atom is 0.417 e. The van der Waals surface area contributed by atoms with Gasteiger partial charge in [0.05, 0.1) is 22.7 Å². The summed E-state index contributed by atoms with van der Waals surface area (Å²) in [5.41, 5.74) is 3.85. The molecule has 242 valence electrons. The van der Waals surface area contributed by atoms with Crippen LogP contribution in [0.5, 0.6) is 5.75 Å². The number of hydrogen-bond acceptors (Lipinski definition) is 7. The van der Waals surface area contributed by atoms with E-state index in [0.717, 1.165) is 38.2 Å². The van der Waals surface area contributed by atoms with Crippen molar-refractivity contribution in [3.8, 4) is 5.75 Å². The molecule has 0 aromatic heterocycles. The lowest BCUT2D eigenvalue weighted by Gasteiger charge is -2.40. The molecule has 2 saturated heterocycles. The van der Waals surface area contributed by atoms with E-state index < -0.39 is 52.7 Å². The first-order valence-corrected chi connectivity index (χ1v) is 15.7. The van der Waals surface area contributed by atoms with Crippen molar-refractivity contribution in [3.05, 3.63) is 51.0 Å². The summed E-state index contributed by atoms with van der Waals surface area (Å²) in [5.74, 6) is -2.67. The van der Waals surface area contributed by atoms with Gasteiger partial charge in [-0.2, -0.15) is 13.2 Å². The molecule has 44 heavy (non-hydrogen) atoms. The zero-order chi connectivity index (χ0) is 32.1. The number of carbonyl (C=O) groups is 2. The van der Waals surface area contributed by atoms with Gasteiger partial charge in [-0.3, -0.25) is 19.4 Å². The van der Waals surface area contributed by atoms with Crippen LogP contribution in [0, 0.1) is 11.8 Å². The first-order chi connectivity index (χ1) is 20.7. The molecular weight excluding hydrogens is 575 g/mol. The van der Waals surface area contributed by atoms with Crippen LogP contribution in [0.25, 0.3) is 0 Å². The first-order valence-electron chi connectivity index (χ1n) is 15.7. The van der Waals surface area contributed by atoms with Crippen LogP contribution in [0.3, 0.4) is 0 Å². The molecule has 0 radical (unpaired) electrons. The fourth-order valence-electron chi connectivity index (χ4n) is 7.85. The van der Waals surface area contributed by atoms with Crippen molar-refractivity contribution < 1.29 is 37.7 Å². The number of likely N-dealkylation sites (N-methyl/N-ethyl adjacent to an activating group) is 1. The number of likely N-dealkylation sites (tertiary alicyclic amines) is 1. The van der Waals surface area contributed by atoms with Crippen molar-refractivity contribution in [2.24, 2.45) is 17.6 Å². The number of aliphatic hydroxyl groups excluding tert-OH is 1. The summed E-state index contributed by atoms with van der Waals surface area (Å²) in [7, 11) is 3.51. The molecule has 4 atom stereocenters. The van der Waals surface area contributed by atoms with E-state index in [1.165, 1.54) is 0 Å². The Balaban J connectivity index is 1.55. The Labute approximate surface area is 256 Å². The highest BCUT2D eigenvalue weighted by atomic mass is 19.4. The summed E-state index contributed by atoms with van der Waals surface area (Å²) in [5, 5.41) is 22.5. The largest absolute Gasteiger partial charge is 0.510 e. The number of epoxide rings is 1. The minimum Gasteiger partial charge on any atom is -0.510 e. The number of alkyl halides is 3. The van der Waals surface area contributed by atoms with Crippen LogP contribution >= 0.6 is 0 Å². The fraction of sp³-hybridized carbons (Fsp3) is 0.636. The predicted octanol–water partition coefficient (Wildman–Crippen LogP) is 5.62. The minimum absolute atomic E-state index is 0.0275. The van der Waals surface area contributed by atoms with Gasteiger partial charge < -0.3 is 20.7 Å². The third-order valence-corrected chi connectivity index (χ3v) is 10.0. The molecule has 4 aliphatic rings. The topological polar surface area (TPSA) is 120 Å². The number of allylic oxidation sites excluding steroid dienone is 1. The van der Waals surface area contributed by atoms with Gasteiger partial charge in [-0.25, -0.2) is 0 Å². The van der Waals surface area contributed by atoms with Gasteiger partial charge in [0.1, 0.15) is 17.3 Å². The highest BCUT2D eigenvalue weighted by Gasteiger charge is 2.65. The molecule has 1 aromatic rings. The number of aliphatic hydroxyl groups is 1. The molecule has 8 nitrogen and oxygen atoms in total. The van der Waals surface area contributed by atoms with Gasteiger partial charge in [-0.15, -0.1) is 0 Å². The van der Waals surface area contributed by atoms with E-state index in [1.54, 1.807) is 25.9 Å². The summed E-state index contributed by atoms with van der Waals surface area (Å²) in [4.78, 5) is 30.1. The lowest BCUT2D eigenvalue weighted by molar-refractivity contribution is -0.139. The van der Waals surface area contributed by atoms with E-state index in [1.807, 2.05) is 4.90 Å². The number of ketones is 1. The Morgan fingerprint density at radius 3 is 2.50 bits per heavy atom. The number of phenolic OH excluding ortho intramolecular Hbond substituents is 1. The highest BCUT2D eigenvalue weighted by Crippen LogP contribution is 2.61. The second kappa shape index (κ2) is 12.0. The number of benzene rings is 1. The van der Waals surface area contributed by atoms with Gasteiger partial charge in [0.2, 0.25) is 5.91 Å². The molecule has 1 amide bonds. The molecule has 1 unspecified atom stereocenters. The van der Waals surface area contributed by atoms with Gasteiger partial charge in [-0.05, 0) is 95.7 Å². The molecule has 1 aromatic carbocycles. The number of primary amides is 1. The maximum absolute atomic E-state index is 14.7. The Bertz CT molecular complexity index is 1400. The minimum atomic E-state index is -4.72. The summed E-state index contributed by atoms with van der Waals surface area (Å²) < 4.78 is 50.3. The number of nitrogens with two attached hydrogens (primary N) is 1. The number of unbranched alkanes of at least 4 members (excludes halogenated alkanes) is 3. The quantitative estimate of drug-likeness (QED) is 0.127. The highest BCUT2D eigenvalue weighted by molar-refractivity contribution is 6.14. The van der Waals surface area contributed by atoms with Crippen molar-refractivity contribution in [3.63, 3.8) is 0 Å². The molecule has 4 N–H and O–H groups in total. The van der Waals surface area contributed by atoms with Gasteiger partial charge in [-0.1, -0.05) is 26.2 Å². The number of ether oxygens (including phenoxy) is 1. The van der Waals surface area contributed by atoms with Crippen LogP contribution in [0.2, 0.25) is 0 Å². The van der Waals surface area contributed by atoms with Crippen LogP contribution < -0.4 is 5.73 Å². The molecule has 0 saturated carbocycles. The molecule has 0 bridgehead atoms. The number of fused-ring (bicyclic) bond motifs is 3. The number of aromatic hydroxyl groups is 1. The number of carbonyl (C=O) groups excluding carboxylic acids is 2. The van der Waals surface area contributed by atoms with E-state index in [-0.39, 0.29) is 47.4 Å². The SMILES string of the molecule is CCCCCC/C(C(N)=O)=C(/O)[C@H]([C@@H]1CC2Cc3c(c(O)cc(CN4CCCC4)c3C(F)(F)F)C(=O)C2=C2O[C@]21C)N(C)C. The average molecular weight is 620 g/mol. The summed E-state index contributed by atoms with van der Waals surface area (Å²) in [6.07, 6.45) is 1.09. The van der Waals surface area contributed by atoms with Crippen LogP contribution in [0.4, 0.5) is 13.2 Å². The molecule has 2 fully saturated rings. The van der Waals surface area contributed by atoms with Crippen molar-refractivity contribution >= 4 is 11.7 Å². The zero-order valence-electron chi connectivity index (χ0n) is 26.0. The normalized spacial score (nSPS) is 26.1. The second-order valence-corrected chi connectivity index (χ2v) is 13.2. The Morgan fingerprint density at radius 2 is 1.91 bits per heavy atom. The van der Waals surface area contributed by atoms with Crippen LogP contribution in [0.1, 0.15) is 92.3 Å². The number of rotatable bonds is 11. The predicted molar refractivity (Wildman–Crippen MR) is 159 cm³/mol. The van der Waals surface area contributed by atoms with Gasteiger partial charge in [0, 0.05) is 18.0 Å². The number of Topliss-reactive ketones (excluding diaryl/α,β-unsaturated/α-hetero) is 1. The van der Waals surface area contributed by atoms with E-state index in [2.05, 4.69) is 6.92 Å². The van der Waals surface area contributed by atoms with Gasteiger partial charge in [0.25, 0.3) is 0 Å². The van der Waals surface area contributed by atoms with E-state index in [0.29, 0.717) is 37.3 Å². The van der Waals surface area contributed by atoms with E-state index >= 15 is 0 Å². The Hall–Kier alpha value is -3.05. The average Bonchev–Trinajstić information content (AvgIpc) is 3.35. The van der Waals surface area contributed by atoms with E-state index in [9.17, 15) is 33.0 Å². The van der Waals surface area contributed by atoms with Crippen molar-refractivity contribution in [2.45, 2.75) is 96.0 Å². The van der Waals surface area contributed by atoms with Crippen molar-refractivity contribution in [2.75, 3.05) is 27.2 Å². The lowest BCUT2D eigenvalue weighted by Crippen LogP contribution is -2.47. The smallest absolute Gasteiger partial charge is 0.417 e. The molecule has 11 heteroatoms. The summed E-state index contributed by atoms with van der Waals surface area (Å²) in [6.45, 7) is 5.28. The number of phenols is 1. The third-order valence-electron chi connectivity index (χ3n) is 10.0. The summed E-state index contributed by atoms with van der Waals surface area (Å²) in [6, 6.07) is 0.389. The van der Waals surface area contributed by atoms with Crippen LogP contribution in [-0.4, -0.2) is 70.5 Å². The van der Waals surface area contributed by atoms with Gasteiger partial charge in [0.15, 0.2) is 11.4 Å². The number of amides is 1. The Morgan fingerprint density at radius 1 is 1.23 bits per heavy atom. The number of nitrogens with zero attached hydrogens (tertiary/aromatic N) is 2. The molecule has 5 rings (SSSR count). The standard InChI is InChI=1S/C33H44F3N3O5/c1-5-6-7-8-11-20(31(37)43)28(41)27(38(3)4)22-15-18-14-21-25(29(42)24(18)30-32(22,2)44-30)23(40)16-19(26(21)33(34,35)36)17-39-12-9-10-13-39/h16,18,22,27,40-41H,5-15,17H2,1-4H3,(H2,37,43)/b28-20-/t18?,22-,27-,32-/m0/s1. The van der Waals surface area contributed by atoms with Crippen LogP contribution in [0.15, 0.2) is 28.7 Å². The first kappa shape index (κ1) is 32.3. The third kappa shape index (κ3) is 5.73. The second-order valence-electron chi connectivity index (χ2n) is 13.2. The maximum atomic E-state index is 14.7. The van der Waals surface area contributed by atoms with Gasteiger partial charge >= 0.3 is 6.18 Å². The summed E-state index contributed by atoms with van der Waals surface area (Å²) >= 11 is 0. The monoisotopic (exact) mass is 619 g/mol. The van der Waals surface area contributed by atoms with E-state index in [4.69, 9.17) is 10.5 Å². The molecule has 2 aliphatic carbocycles. The number of hydrogen-bond donors (Lipinski definition) is 3. The van der Waals surface area contributed by atoms with Crippen molar-refractivity contribution in [1.82, 2.24) is 9.80 Å². The molecule has 2 heterocycles.